The zero-order valence-electron chi connectivity index (χ0n) is 13.7. The van der Waals surface area contributed by atoms with Gasteiger partial charge in [-0.05, 0) is 25.0 Å². The van der Waals surface area contributed by atoms with Crippen LogP contribution in [0.25, 0.3) is 0 Å². The first-order chi connectivity index (χ1) is 11.1. The van der Waals surface area contributed by atoms with Gasteiger partial charge in [-0.25, -0.2) is 4.98 Å². The monoisotopic (exact) mass is 315 g/mol. The van der Waals surface area contributed by atoms with Crippen LogP contribution in [0.1, 0.15) is 47.7 Å². The van der Waals surface area contributed by atoms with Crippen LogP contribution in [0.3, 0.4) is 0 Å². The Labute approximate surface area is 135 Å². The van der Waals surface area contributed by atoms with E-state index in [1.165, 1.54) is 6.39 Å². The fraction of sp³-hybridized carbons (Fsp3) is 0.500. The first-order valence-electron chi connectivity index (χ1n) is 7.86. The van der Waals surface area contributed by atoms with Crippen LogP contribution in [0.5, 0.6) is 0 Å². The number of rotatable bonds is 4. The number of nitrogens with zero attached hydrogens (tertiary/aromatic N) is 5. The first kappa shape index (κ1) is 15.5. The number of hydrogen-bond donors (Lipinski definition) is 0. The Morgan fingerprint density at radius 3 is 2.87 bits per heavy atom. The second-order valence-electron chi connectivity index (χ2n) is 5.85. The second-order valence-corrected chi connectivity index (χ2v) is 5.85. The van der Waals surface area contributed by atoms with Gasteiger partial charge in [-0.15, -0.1) is 5.10 Å². The highest BCUT2D eigenvalue weighted by atomic mass is 16.3. The third-order valence-electron chi connectivity index (χ3n) is 4.15. The lowest BCUT2D eigenvalue weighted by molar-refractivity contribution is 0.0725. The van der Waals surface area contributed by atoms with E-state index in [9.17, 15) is 4.79 Å². The highest BCUT2D eigenvalue weighted by Crippen LogP contribution is 2.32. The fourth-order valence-corrected chi connectivity index (χ4v) is 2.90. The van der Waals surface area contributed by atoms with Gasteiger partial charge in [0.15, 0.2) is 17.9 Å². The van der Waals surface area contributed by atoms with Crippen LogP contribution >= 0.6 is 0 Å². The van der Waals surface area contributed by atoms with Crippen molar-refractivity contribution in [2.24, 2.45) is 0 Å². The molecule has 2 aromatic rings. The molecule has 1 aliphatic heterocycles. The Morgan fingerprint density at radius 2 is 2.22 bits per heavy atom. The number of amides is 1. The van der Waals surface area contributed by atoms with Crippen molar-refractivity contribution in [1.29, 1.82) is 0 Å². The van der Waals surface area contributed by atoms with Crippen molar-refractivity contribution in [2.75, 3.05) is 25.5 Å². The maximum atomic E-state index is 12.8. The minimum Gasteiger partial charge on any atom is -0.448 e. The lowest BCUT2D eigenvalue weighted by Gasteiger charge is -2.23. The average molecular weight is 315 g/mol. The van der Waals surface area contributed by atoms with Gasteiger partial charge in [0, 0.05) is 27.1 Å². The van der Waals surface area contributed by atoms with E-state index in [4.69, 9.17) is 4.42 Å². The van der Waals surface area contributed by atoms with Crippen LogP contribution in [0, 0.1) is 0 Å². The number of carbonyl (C=O) groups excluding carboxylic acids is 1. The van der Waals surface area contributed by atoms with Crippen molar-refractivity contribution in [1.82, 2.24) is 20.1 Å². The number of aryl methyl sites for hydroxylation is 1. The normalized spacial score (nSPS) is 17.5. The summed E-state index contributed by atoms with van der Waals surface area (Å²) >= 11 is 0. The molecular weight excluding hydrogens is 294 g/mol. The van der Waals surface area contributed by atoms with Crippen LogP contribution in [0.15, 0.2) is 22.9 Å². The lowest BCUT2D eigenvalue weighted by atomic mass is 10.1. The number of oxazole rings is 1. The quantitative estimate of drug-likeness (QED) is 0.860. The van der Waals surface area contributed by atoms with Crippen LogP contribution in [0.4, 0.5) is 5.82 Å². The third kappa shape index (κ3) is 2.91. The van der Waals surface area contributed by atoms with Gasteiger partial charge in [0.1, 0.15) is 5.76 Å². The Hall–Kier alpha value is -2.44. The van der Waals surface area contributed by atoms with Crippen molar-refractivity contribution in [2.45, 2.75) is 32.2 Å². The Balaban J connectivity index is 1.84. The molecule has 3 heterocycles. The van der Waals surface area contributed by atoms with E-state index in [1.54, 1.807) is 0 Å². The molecule has 7 heteroatoms. The zero-order valence-corrected chi connectivity index (χ0v) is 13.7. The Kier molecular flexibility index (Phi) is 4.27. The molecule has 0 aromatic carbocycles. The van der Waals surface area contributed by atoms with Crippen LogP contribution in [0.2, 0.25) is 0 Å². The van der Waals surface area contributed by atoms with Gasteiger partial charge in [-0.3, -0.25) is 4.79 Å². The van der Waals surface area contributed by atoms with E-state index < -0.39 is 0 Å². The summed E-state index contributed by atoms with van der Waals surface area (Å²) in [6, 6.07) is 3.83. The van der Waals surface area contributed by atoms with Gasteiger partial charge in [-0.1, -0.05) is 6.92 Å². The van der Waals surface area contributed by atoms with E-state index in [-0.39, 0.29) is 11.9 Å². The summed E-state index contributed by atoms with van der Waals surface area (Å²) < 4.78 is 5.29. The van der Waals surface area contributed by atoms with Crippen molar-refractivity contribution in [3.8, 4) is 0 Å². The number of hydrogen-bond acceptors (Lipinski definition) is 6. The Morgan fingerprint density at radius 1 is 1.39 bits per heavy atom. The highest BCUT2D eigenvalue weighted by molar-refractivity contribution is 5.93. The first-order valence-corrected chi connectivity index (χ1v) is 7.86. The van der Waals surface area contributed by atoms with Gasteiger partial charge in [0.2, 0.25) is 0 Å². The number of likely N-dealkylation sites (tertiary alicyclic amines) is 1. The van der Waals surface area contributed by atoms with Crippen LogP contribution < -0.4 is 4.90 Å². The molecule has 1 aliphatic rings. The van der Waals surface area contributed by atoms with Gasteiger partial charge < -0.3 is 14.2 Å². The molecular formula is C16H21N5O2. The highest BCUT2D eigenvalue weighted by Gasteiger charge is 2.34. The van der Waals surface area contributed by atoms with Gasteiger partial charge >= 0.3 is 0 Å². The van der Waals surface area contributed by atoms with Crippen molar-refractivity contribution < 1.29 is 9.21 Å². The minimum atomic E-state index is -0.0865. The SMILES string of the molecule is CCc1ocnc1C(=O)N1CCCC1c1ccc(N(C)C)nn1. The molecule has 7 nitrogen and oxygen atoms in total. The molecule has 0 aliphatic carbocycles. The molecule has 0 saturated carbocycles. The standard InChI is InChI=1S/C16H21N5O2/c1-4-13-15(17-10-23-13)16(22)21-9-5-6-12(21)11-7-8-14(19-18-11)20(2)3/h7-8,10,12H,4-6,9H2,1-3H3. The summed E-state index contributed by atoms with van der Waals surface area (Å²) in [7, 11) is 3.85. The summed E-state index contributed by atoms with van der Waals surface area (Å²) in [6.07, 6.45) is 3.83. The molecule has 0 N–H and O–H groups in total. The number of carbonyl (C=O) groups is 1. The molecule has 122 valence electrons. The van der Waals surface area contributed by atoms with E-state index in [0.29, 0.717) is 24.4 Å². The molecule has 0 bridgehead atoms. The molecule has 1 saturated heterocycles. The third-order valence-corrected chi connectivity index (χ3v) is 4.15. The number of aromatic nitrogens is 3. The lowest BCUT2D eigenvalue weighted by Crippen LogP contribution is -2.32. The van der Waals surface area contributed by atoms with Gasteiger partial charge in [0.25, 0.3) is 5.91 Å². The smallest absolute Gasteiger partial charge is 0.276 e. The van der Waals surface area contributed by atoms with Gasteiger partial charge in [-0.2, -0.15) is 5.10 Å². The van der Waals surface area contributed by atoms with Crippen molar-refractivity contribution in [3.63, 3.8) is 0 Å². The van der Waals surface area contributed by atoms with Gasteiger partial charge in [0.05, 0.1) is 11.7 Å². The molecule has 1 atom stereocenters. The van der Waals surface area contributed by atoms with E-state index in [2.05, 4.69) is 15.2 Å². The van der Waals surface area contributed by atoms with E-state index >= 15 is 0 Å². The van der Waals surface area contributed by atoms with Crippen molar-refractivity contribution in [3.05, 3.63) is 35.7 Å². The summed E-state index contributed by atoms with van der Waals surface area (Å²) in [6.45, 7) is 2.65. The maximum Gasteiger partial charge on any atom is 0.276 e. The Bertz CT molecular complexity index is 680. The number of anilines is 1. The average Bonchev–Trinajstić information content (AvgIpc) is 3.23. The molecule has 1 amide bonds. The summed E-state index contributed by atoms with van der Waals surface area (Å²) in [4.78, 5) is 20.6. The largest absolute Gasteiger partial charge is 0.448 e. The topological polar surface area (TPSA) is 75.4 Å². The molecule has 1 unspecified atom stereocenters. The summed E-state index contributed by atoms with van der Waals surface area (Å²) in [5.41, 5.74) is 1.24. The van der Waals surface area contributed by atoms with E-state index in [0.717, 1.165) is 24.4 Å². The zero-order chi connectivity index (χ0) is 16.4. The molecule has 0 spiro atoms. The maximum absolute atomic E-state index is 12.8. The second kappa shape index (κ2) is 6.36. The van der Waals surface area contributed by atoms with Crippen molar-refractivity contribution >= 4 is 11.7 Å². The molecule has 0 radical (unpaired) electrons. The predicted octanol–water partition coefficient (Wildman–Crippen LogP) is 2.07. The van der Waals surface area contributed by atoms with Crippen LogP contribution in [-0.2, 0) is 6.42 Å². The molecule has 3 rings (SSSR count). The predicted molar refractivity (Wildman–Crippen MR) is 85.3 cm³/mol. The van der Waals surface area contributed by atoms with E-state index in [1.807, 2.05) is 43.0 Å². The molecule has 1 fully saturated rings. The molecule has 2 aromatic heterocycles. The fourth-order valence-electron chi connectivity index (χ4n) is 2.90. The molecule has 23 heavy (non-hydrogen) atoms. The minimum absolute atomic E-state index is 0.0485. The van der Waals surface area contributed by atoms with Crippen LogP contribution in [-0.4, -0.2) is 46.6 Å². The summed E-state index contributed by atoms with van der Waals surface area (Å²) in [5.74, 6) is 1.35. The summed E-state index contributed by atoms with van der Waals surface area (Å²) in [5, 5.41) is 8.53.